The second kappa shape index (κ2) is 8.89. The lowest BCUT2D eigenvalue weighted by atomic mass is 10.1. The molecule has 0 saturated carbocycles. The highest BCUT2D eigenvalue weighted by Gasteiger charge is 2.29. The summed E-state index contributed by atoms with van der Waals surface area (Å²) in [5.74, 6) is -0.392. The highest BCUT2D eigenvalue weighted by Crippen LogP contribution is 2.21. The van der Waals surface area contributed by atoms with Crippen molar-refractivity contribution in [2.75, 3.05) is 31.6 Å². The first-order chi connectivity index (χ1) is 13.8. The highest BCUT2D eigenvalue weighted by atomic mass is 32.2. The number of nitrogens with zero attached hydrogens (tertiary/aromatic N) is 2. The number of ether oxygens (including phenoxy) is 1. The van der Waals surface area contributed by atoms with Gasteiger partial charge in [0.05, 0.1) is 13.2 Å². The molecule has 3 rings (SSSR count). The third kappa shape index (κ3) is 4.58. The number of carbonyl (C=O) groups excluding carboxylic acids is 1. The lowest BCUT2D eigenvalue weighted by molar-refractivity contribution is -0.116. The van der Waals surface area contributed by atoms with E-state index in [1.807, 2.05) is 32.0 Å². The number of morpholine rings is 1. The average molecular weight is 420 g/mol. The van der Waals surface area contributed by atoms with Gasteiger partial charge in [0.15, 0.2) is 0 Å². The SMILES string of the molecule is CCc1cccc(C)c1NC(=O)Cn1cccc(S(=O)(=O)N2CCOCC2)c1=O. The van der Waals surface area contributed by atoms with Crippen LogP contribution in [-0.4, -0.2) is 49.5 Å². The van der Waals surface area contributed by atoms with E-state index in [9.17, 15) is 18.0 Å². The molecule has 1 fully saturated rings. The Hall–Kier alpha value is -2.49. The first-order valence-electron chi connectivity index (χ1n) is 9.50. The number of hydrogen-bond acceptors (Lipinski definition) is 5. The van der Waals surface area contributed by atoms with Gasteiger partial charge >= 0.3 is 0 Å². The Balaban J connectivity index is 1.83. The van der Waals surface area contributed by atoms with Crippen LogP contribution in [-0.2, 0) is 32.5 Å². The monoisotopic (exact) mass is 419 g/mol. The van der Waals surface area contributed by atoms with Crippen molar-refractivity contribution in [3.63, 3.8) is 0 Å². The first kappa shape index (κ1) is 21.2. The van der Waals surface area contributed by atoms with Crippen LogP contribution in [0.4, 0.5) is 5.69 Å². The number of benzene rings is 1. The molecule has 2 aromatic rings. The van der Waals surface area contributed by atoms with Crippen LogP contribution >= 0.6 is 0 Å². The minimum Gasteiger partial charge on any atom is -0.379 e. The summed E-state index contributed by atoms with van der Waals surface area (Å²) in [6.07, 6.45) is 2.17. The third-order valence-electron chi connectivity index (χ3n) is 4.89. The maximum absolute atomic E-state index is 12.8. The van der Waals surface area contributed by atoms with Crippen molar-refractivity contribution in [3.05, 3.63) is 58.0 Å². The zero-order chi connectivity index (χ0) is 21.0. The molecule has 29 heavy (non-hydrogen) atoms. The number of sulfonamides is 1. The number of hydrogen-bond donors (Lipinski definition) is 1. The molecule has 0 atom stereocenters. The highest BCUT2D eigenvalue weighted by molar-refractivity contribution is 7.89. The number of aryl methyl sites for hydroxylation is 2. The van der Waals surface area contributed by atoms with Gasteiger partial charge in [0.1, 0.15) is 11.4 Å². The largest absolute Gasteiger partial charge is 0.379 e. The van der Waals surface area contributed by atoms with E-state index in [1.165, 1.54) is 22.6 Å². The normalized spacial score (nSPS) is 15.2. The molecular formula is C20H25N3O5S. The van der Waals surface area contributed by atoms with E-state index in [-0.39, 0.29) is 24.5 Å². The molecule has 1 aromatic heterocycles. The van der Waals surface area contributed by atoms with Gasteiger partial charge in [-0.1, -0.05) is 25.1 Å². The molecule has 1 aromatic carbocycles. The average Bonchev–Trinajstić information content (AvgIpc) is 2.71. The van der Waals surface area contributed by atoms with Crippen LogP contribution in [0.1, 0.15) is 18.1 Å². The molecule has 1 N–H and O–H groups in total. The van der Waals surface area contributed by atoms with Crippen molar-refractivity contribution in [1.82, 2.24) is 8.87 Å². The summed E-state index contributed by atoms with van der Waals surface area (Å²) in [4.78, 5) is 25.0. The summed E-state index contributed by atoms with van der Waals surface area (Å²) in [6, 6.07) is 8.50. The zero-order valence-corrected chi connectivity index (χ0v) is 17.4. The molecule has 0 unspecified atom stereocenters. The van der Waals surface area contributed by atoms with E-state index < -0.39 is 21.5 Å². The Kier molecular flexibility index (Phi) is 6.51. The minimum atomic E-state index is -3.94. The van der Waals surface area contributed by atoms with Crippen molar-refractivity contribution in [3.8, 4) is 0 Å². The van der Waals surface area contributed by atoms with Gasteiger partial charge in [-0.25, -0.2) is 8.42 Å². The quantitative estimate of drug-likeness (QED) is 0.763. The second-order valence-corrected chi connectivity index (χ2v) is 8.74. The van der Waals surface area contributed by atoms with E-state index in [0.29, 0.717) is 13.2 Å². The predicted octanol–water partition coefficient (Wildman–Crippen LogP) is 1.38. The van der Waals surface area contributed by atoms with Gasteiger partial charge in [-0.3, -0.25) is 9.59 Å². The summed E-state index contributed by atoms with van der Waals surface area (Å²) >= 11 is 0. The number of aromatic nitrogens is 1. The maximum atomic E-state index is 12.8. The number of amides is 1. The van der Waals surface area contributed by atoms with Gasteiger partial charge in [-0.15, -0.1) is 0 Å². The number of anilines is 1. The fraction of sp³-hybridized carbons (Fsp3) is 0.400. The lowest BCUT2D eigenvalue weighted by Crippen LogP contribution is -2.43. The van der Waals surface area contributed by atoms with E-state index in [1.54, 1.807) is 0 Å². The molecule has 9 heteroatoms. The molecule has 1 amide bonds. The summed E-state index contributed by atoms with van der Waals surface area (Å²) < 4.78 is 33.2. The van der Waals surface area contributed by atoms with E-state index in [4.69, 9.17) is 4.74 Å². The van der Waals surface area contributed by atoms with Crippen LogP contribution in [0.3, 0.4) is 0 Å². The third-order valence-corrected chi connectivity index (χ3v) is 6.80. The maximum Gasteiger partial charge on any atom is 0.271 e. The molecule has 1 aliphatic rings. The summed E-state index contributed by atoms with van der Waals surface area (Å²) in [6.45, 7) is 4.60. The van der Waals surface area contributed by atoms with Gasteiger partial charge < -0.3 is 14.6 Å². The summed E-state index contributed by atoms with van der Waals surface area (Å²) in [5, 5.41) is 2.85. The molecule has 8 nitrogen and oxygen atoms in total. The predicted molar refractivity (Wildman–Crippen MR) is 109 cm³/mol. The minimum absolute atomic E-state index is 0.199. The smallest absolute Gasteiger partial charge is 0.271 e. The standard InChI is InChI=1S/C20H25N3O5S/c1-3-16-7-4-6-15(2)19(16)21-18(24)14-22-9-5-8-17(20(22)25)29(26,27)23-10-12-28-13-11-23/h4-9H,3,10-14H2,1-2H3,(H,21,24). The van der Waals surface area contributed by atoms with Crippen LogP contribution in [0.5, 0.6) is 0 Å². The Morgan fingerprint density at radius 2 is 1.90 bits per heavy atom. The second-order valence-electron chi connectivity index (χ2n) is 6.83. The van der Waals surface area contributed by atoms with Gasteiger partial charge in [0.25, 0.3) is 5.56 Å². The first-order valence-corrected chi connectivity index (χ1v) is 10.9. The fourth-order valence-corrected chi connectivity index (χ4v) is 4.79. The fourth-order valence-electron chi connectivity index (χ4n) is 3.30. The Morgan fingerprint density at radius 1 is 1.17 bits per heavy atom. The van der Waals surface area contributed by atoms with Crippen molar-refractivity contribution >= 4 is 21.6 Å². The van der Waals surface area contributed by atoms with E-state index in [2.05, 4.69) is 5.32 Å². The van der Waals surface area contributed by atoms with Crippen LogP contribution < -0.4 is 10.9 Å². The van der Waals surface area contributed by atoms with Crippen molar-refractivity contribution < 1.29 is 17.9 Å². The Bertz CT molecular complexity index is 1060. The lowest BCUT2D eigenvalue weighted by Gasteiger charge is -2.25. The van der Waals surface area contributed by atoms with Crippen LogP contribution in [0.2, 0.25) is 0 Å². The molecule has 0 aliphatic carbocycles. The van der Waals surface area contributed by atoms with Crippen LogP contribution in [0.15, 0.2) is 46.2 Å². The number of para-hydroxylation sites is 1. The zero-order valence-electron chi connectivity index (χ0n) is 16.6. The molecule has 0 spiro atoms. The van der Waals surface area contributed by atoms with Gasteiger partial charge in [-0.05, 0) is 36.6 Å². The van der Waals surface area contributed by atoms with Gasteiger partial charge in [0.2, 0.25) is 15.9 Å². The van der Waals surface area contributed by atoms with Gasteiger partial charge in [0, 0.05) is 25.0 Å². The molecule has 0 bridgehead atoms. The van der Waals surface area contributed by atoms with Crippen molar-refractivity contribution in [2.45, 2.75) is 31.7 Å². The van der Waals surface area contributed by atoms with Gasteiger partial charge in [-0.2, -0.15) is 4.31 Å². The molecule has 0 radical (unpaired) electrons. The van der Waals surface area contributed by atoms with E-state index in [0.717, 1.165) is 27.8 Å². The Morgan fingerprint density at radius 3 is 2.59 bits per heavy atom. The topological polar surface area (TPSA) is 97.7 Å². The molecule has 2 heterocycles. The molecule has 1 aliphatic heterocycles. The number of carbonyl (C=O) groups is 1. The van der Waals surface area contributed by atoms with Crippen molar-refractivity contribution in [2.24, 2.45) is 0 Å². The van der Waals surface area contributed by atoms with Crippen molar-refractivity contribution in [1.29, 1.82) is 0 Å². The molecule has 156 valence electrons. The molecular weight excluding hydrogens is 394 g/mol. The van der Waals surface area contributed by atoms with Crippen LogP contribution in [0, 0.1) is 6.92 Å². The summed E-state index contributed by atoms with van der Waals surface area (Å²) in [7, 11) is -3.94. The van der Waals surface area contributed by atoms with Crippen LogP contribution in [0.25, 0.3) is 0 Å². The number of rotatable bonds is 6. The molecule has 1 saturated heterocycles. The number of pyridine rings is 1. The number of nitrogens with one attached hydrogen (secondary N) is 1. The Labute approximate surface area is 170 Å². The summed E-state index contributed by atoms with van der Waals surface area (Å²) in [5.41, 5.74) is 1.93. The van der Waals surface area contributed by atoms with E-state index >= 15 is 0 Å².